The molecule has 0 radical (unpaired) electrons. The summed E-state index contributed by atoms with van der Waals surface area (Å²) < 4.78 is 0. The van der Waals surface area contributed by atoms with Gasteiger partial charge >= 0.3 is 0 Å². The zero-order valence-electron chi connectivity index (χ0n) is 10.1. The van der Waals surface area contributed by atoms with E-state index in [9.17, 15) is 5.11 Å². The maximum atomic E-state index is 9.54. The molecule has 3 aliphatic rings. The highest BCUT2D eigenvalue weighted by molar-refractivity contribution is 5.02. The third kappa shape index (κ3) is 2.41. The van der Waals surface area contributed by atoms with Crippen molar-refractivity contribution in [3.63, 3.8) is 0 Å². The van der Waals surface area contributed by atoms with Crippen LogP contribution in [0, 0.1) is 11.8 Å². The van der Waals surface area contributed by atoms with Crippen molar-refractivity contribution in [3.8, 4) is 0 Å². The highest BCUT2D eigenvalue weighted by atomic mass is 16.3. The maximum Gasteiger partial charge on any atom is 0.0626 e. The van der Waals surface area contributed by atoms with E-state index in [1.54, 1.807) is 0 Å². The maximum absolute atomic E-state index is 9.54. The van der Waals surface area contributed by atoms with E-state index in [1.165, 1.54) is 45.1 Å². The van der Waals surface area contributed by atoms with Gasteiger partial charge in [0.15, 0.2) is 0 Å². The summed E-state index contributed by atoms with van der Waals surface area (Å²) in [6.45, 7) is 2.32. The molecule has 3 aliphatic carbocycles. The van der Waals surface area contributed by atoms with Crippen LogP contribution in [0.25, 0.3) is 0 Å². The molecule has 16 heavy (non-hydrogen) atoms. The van der Waals surface area contributed by atoms with E-state index in [0.717, 1.165) is 18.5 Å². The molecule has 1 unspecified atom stereocenters. The summed E-state index contributed by atoms with van der Waals surface area (Å²) in [5.74, 6) is 1.51. The van der Waals surface area contributed by atoms with E-state index in [1.807, 2.05) is 0 Å². The van der Waals surface area contributed by atoms with Crippen LogP contribution in [0.5, 0.6) is 0 Å². The lowest BCUT2D eigenvalue weighted by Gasteiger charge is -2.34. The smallest absolute Gasteiger partial charge is 0.0626 e. The van der Waals surface area contributed by atoms with E-state index in [0.29, 0.717) is 5.92 Å². The van der Waals surface area contributed by atoms with Gasteiger partial charge in [0.1, 0.15) is 0 Å². The van der Waals surface area contributed by atoms with Gasteiger partial charge in [-0.1, -0.05) is 0 Å². The first kappa shape index (κ1) is 11.0. The molecule has 0 amide bonds. The molecule has 0 aromatic heterocycles. The zero-order valence-corrected chi connectivity index (χ0v) is 10.1. The van der Waals surface area contributed by atoms with Crippen LogP contribution >= 0.6 is 0 Å². The van der Waals surface area contributed by atoms with E-state index in [-0.39, 0.29) is 12.1 Å². The standard InChI is InChI=1S/C13H24N2O/c14-13(9-16,11-3-4-11)8-15(12-5-6-12)7-10-1-2-10/h10-12,16H,1-9,14H2. The SMILES string of the molecule is NC(CO)(CN(CC1CC1)C1CC1)C1CC1. The Morgan fingerprint density at radius 2 is 1.81 bits per heavy atom. The van der Waals surface area contributed by atoms with Gasteiger partial charge in [0, 0.05) is 19.1 Å². The molecule has 0 aliphatic heterocycles. The number of nitrogens with zero attached hydrogens (tertiary/aromatic N) is 1. The van der Waals surface area contributed by atoms with Crippen molar-refractivity contribution in [1.82, 2.24) is 4.90 Å². The highest BCUT2D eigenvalue weighted by Crippen LogP contribution is 2.41. The van der Waals surface area contributed by atoms with E-state index >= 15 is 0 Å². The molecule has 0 aromatic rings. The van der Waals surface area contributed by atoms with Crippen molar-refractivity contribution in [1.29, 1.82) is 0 Å². The average molecular weight is 224 g/mol. The van der Waals surface area contributed by atoms with Gasteiger partial charge in [-0.3, -0.25) is 4.90 Å². The molecule has 3 heteroatoms. The van der Waals surface area contributed by atoms with Gasteiger partial charge in [-0.05, 0) is 50.4 Å². The molecule has 0 spiro atoms. The Morgan fingerprint density at radius 1 is 1.12 bits per heavy atom. The molecule has 3 rings (SSSR count). The highest BCUT2D eigenvalue weighted by Gasteiger charge is 2.45. The Labute approximate surface area is 98.0 Å². The van der Waals surface area contributed by atoms with Gasteiger partial charge in [0.2, 0.25) is 0 Å². The van der Waals surface area contributed by atoms with Crippen LogP contribution < -0.4 is 5.73 Å². The molecule has 0 bridgehead atoms. The summed E-state index contributed by atoms with van der Waals surface area (Å²) in [7, 11) is 0. The largest absolute Gasteiger partial charge is 0.394 e. The Kier molecular flexibility index (Phi) is 2.73. The molecule has 0 heterocycles. The van der Waals surface area contributed by atoms with Gasteiger partial charge in [0.05, 0.1) is 12.1 Å². The van der Waals surface area contributed by atoms with Crippen LogP contribution in [-0.2, 0) is 0 Å². The Bertz CT molecular complexity index is 259. The summed E-state index contributed by atoms with van der Waals surface area (Å²) >= 11 is 0. The van der Waals surface area contributed by atoms with Crippen molar-refractivity contribution >= 4 is 0 Å². The van der Waals surface area contributed by atoms with Crippen LogP contribution in [0.2, 0.25) is 0 Å². The summed E-state index contributed by atoms with van der Waals surface area (Å²) in [6.07, 6.45) is 7.95. The van der Waals surface area contributed by atoms with Crippen LogP contribution in [0.3, 0.4) is 0 Å². The van der Waals surface area contributed by atoms with E-state index in [4.69, 9.17) is 5.73 Å². The van der Waals surface area contributed by atoms with Gasteiger partial charge in [-0.2, -0.15) is 0 Å². The van der Waals surface area contributed by atoms with Crippen molar-refractivity contribution in [2.75, 3.05) is 19.7 Å². The predicted molar refractivity (Wildman–Crippen MR) is 64.0 cm³/mol. The van der Waals surface area contributed by atoms with E-state index in [2.05, 4.69) is 4.90 Å². The molecule has 0 aromatic carbocycles. The molecule has 3 saturated carbocycles. The summed E-state index contributed by atoms with van der Waals surface area (Å²) in [5.41, 5.74) is 6.07. The van der Waals surface area contributed by atoms with Gasteiger partial charge in [0.25, 0.3) is 0 Å². The summed E-state index contributed by atoms with van der Waals surface area (Å²) in [6, 6.07) is 0.786. The fourth-order valence-corrected chi connectivity index (χ4v) is 2.76. The number of aliphatic hydroxyl groups excluding tert-OH is 1. The lowest BCUT2D eigenvalue weighted by molar-refractivity contribution is 0.113. The minimum Gasteiger partial charge on any atom is -0.394 e. The zero-order chi connectivity index (χ0) is 11.2. The van der Waals surface area contributed by atoms with E-state index < -0.39 is 0 Å². The molecule has 92 valence electrons. The molecular weight excluding hydrogens is 200 g/mol. The molecule has 3 N–H and O–H groups in total. The fraction of sp³-hybridized carbons (Fsp3) is 1.00. The summed E-state index contributed by atoms with van der Waals surface area (Å²) in [4.78, 5) is 2.58. The van der Waals surface area contributed by atoms with Crippen LogP contribution in [-0.4, -0.2) is 41.3 Å². The number of rotatable bonds is 7. The van der Waals surface area contributed by atoms with Crippen LogP contribution in [0.15, 0.2) is 0 Å². The van der Waals surface area contributed by atoms with Gasteiger partial charge in [-0.15, -0.1) is 0 Å². The average Bonchev–Trinajstić information content (AvgIpc) is 3.16. The Balaban J connectivity index is 1.59. The second kappa shape index (κ2) is 3.97. The van der Waals surface area contributed by atoms with Crippen molar-refractivity contribution in [2.24, 2.45) is 17.6 Å². The number of aliphatic hydroxyl groups is 1. The van der Waals surface area contributed by atoms with Crippen LogP contribution in [0.4, 0.5) is 0 Å². The van der Waals surface area contributed by atoms with Gasteiger partial charge < -0.3 is 10.8 Å². The van der Waals surface area contributed by atoms with Crippen molar-refractivity contribution < 1.29 is 5.11 Å². The van der Waals surface area contributed by atoms with Crippen molar-refractivity contribution in [3.05, 3.63) is 0 Å². The molecule has 1 atom stereocenters. The number of hydrogen-bond acceptors (Lipinski definition) is 3. The number of hydrogen-bond donors (Lipinski definition) is 2. The molecule has 3 fully saturated rings. The first-order valence-electron chi connectivity index (χ1n) is 6.85. The topological polar surface area (TPSA) is 49.5 Å². The Hall–Kier alpha value is -0.120. The number of nitrogens with two attached hydrogens (primary N) is 1. The quantitative estimate of drug-likeness (QED) is 0.677. The molecular formula is C13H24N2O. The van der Waals surface area contributed by atoms with Gasteiger partial charge in [-0.25, -0.2) is 0 Å². The third-order valence-electron chi connectivity index (χ3n) is 4.44. The predicted octanol–water partition coefficient (Wildman–Crippen LogP) is 0.961. The fourth-order valence-electron chi connectivity index (χ4n) is 2.76. The second-order valence-corrected chi connectivity index (χ2v) is 6.27. The lowest BCUT2D eigenvalue weighted by atomic mass is 9.94. The first-order chi connectivity index (χ1) is 7.71. The first-order valence-corrected chi connectivity index (χ1v) is 6.85. The molecule has 3 nitrogen and oxygen atoms in total. The second-order valence-electron chi connectivity index (χ2n) is 6.27. The lowest BCUT2D eigenvalue weighted by Crippen LogP contribution is -2.55. The third-order valence-corrected chi connectivity index (χ3v) is 4.44. The normalized spacial score (nSPS) is 29.4. The van der Waals surface area contributed by atoms with Crippen molar-refractivity contribution in [2.45, 2.75) is 50.1 Å². The summed E-state index contributed by atoms with van der Waals surface area (Å²) in [5, 5.41) is 9.54. The minimum absolute atomic E-state index is 0.158. The van der Waals surface area contributed by atoms with Crippen LogP contribution in [0.1, 0.15) is 38.5 Å². The Morgan fingerprint density at radius 3 is 2.25 bits per heavy atom. The monoisotopic (exact) mass is 224 g/mol. The molecule has 0 saturated heterocycles. The minimum atomic E-state index is -0.308.